The third-order valence-corrected chi connectivity index (χ3v) is 4.81. The molecule has 0 aromatic heterocycles. The van der Waals surface area contributed by atoms with Crippen LogP contribution in [0.4, 0.5) is 0 Å². The van der Waals surface area contributed by atoms with E-state index in [0.717, 1.165) is 5.56 Å². The van der Waals surface area contributed by atoms with Gasteiger partial charge < -0.3 is 14.2 Å². The Morgan fingerprint density at radius 1 is 1.04 bits per heavy atom. The van der Waals surface area contributed by atoms with Gasteiger partial charge in [-0.3, -0.25) is 9.59 Å². The lowest BCUT2D eigenvalue weighted by molar-refractivity contribution is -0.146. The number of rotatable bonds is 5. The van der Waals surface area contributed by atoms with Crippen molar-refractivity contribution in [2.75, 3.05) is 7.11 Å². The van der Waals surface area contributed by atoms with Gasteiger partial charge in [-0.1, -0.05) is 38.1 Å². The highest BCUT2D eigenvalue weighted by molar-refractivity contribution is 6.11. The van der Waals surface area contributed by atoms with Crippen molar-refractivity contribution < 1.29 is 23.8 Å². The Morgan fingerprint density at radius 2 is 1.71 bits per heavy atom. The number of carbonyl (C=O) groups is 2. The number of benzene rings is 2. The second-order valence-electron chi connectivity index (χ2n) is 7.55. The molecular weight excluding hydrogens is 356 g/mol. The number of esters is 1. The summed E-state index contributed by atoms with van der Waals surface area (Å²) in [5, 5.41) is 0. The molecule has 0 N–H and O–H groups in total. The molecule has 0 fully saturated rings. The van der Waals surface area contributed by atoms with Crippen molar-refractivity contribution in [3.63, 3.8) is 0 Å². The lowest BCUT2D eigenvalue weighted by Crippen LogP contribution is -2.37. The monoisotopic (exact) mass is 382 g/mol. The third kappa shape index (κ3) is 3.88. The maximum atomic E-state index is 13.2. The van der Waals surface area contributed by atoms with Gasteiger partial charge in [0.15, 0.2) is 11.7 Å². The molecule has 28 heavy (non-hydrogen) atoms. The Kier molecular flexibility index (Phi) is 5.73. The molecule has 148 valence electrons. The van der Waals surface area contributed by atoms with Crippen LogP contribution in [0.1, 0.15) is 61.2 Å². The standard InChI is InChI=1S/C23H26O5/c1-13(2)15-6-8-16(9-7-15)22-20(23(25)26-5)21(24)18-12-17(27-14(3)4)10-11-19(18)28-22/h6-14,20,22H,1-5H3/t20-,22+/m0/s1. The molecular formula is C23H26O5. The molecule has 2 aromatic carbocycles. The second-order valence-corrected chi connectivity index (χ2v) is 7.55. The second kappa shape index (κ2) is 8.05. The summed E-state index contributed by atoms with van der Waals surface area (Å²) in [5.41, 5.74) is 2.28. The molecule has 1 aliphatic rings. The number of hydrogen-bond acceptors (Lipinski definition) is 5. The molecule has 0 spiro atoms. The quantitative estimate of drug-likeness (QED) is 0.554. The van der Waals surface area contributed by atoms with Crippen LogP contribution in [-0.2, 0) is 9.53 Å². The zero-order valence-electron chi connectivity index (χ0n) is 16.9. The van der Waals surface area contributed by atoms with Gasteiger partial charge in [0.25, 0.3) is 0 Å². The van der Waals surface area contributed by atoms with Crippen molar-refractivity contribution >= 4 is 11.8 Å². The minimum absolute atomic E-state index is 0.0266. The van der Waals surface area contributed by atoms with Crippen LogP contribution < -0.4 is 9.47 Å². The van der Waals surface area contributed by atoms with E-state index in [-0.39, 0.29) is 11.9 Å². The summed E-state index contributed by atoms with van der Waals surface area (Å²) in [7, 11) is 1.28. The number of methoxy groups -OCH3 is 1. The van der Waals surface area contributed by atoms with Crippen molar-refractivity contribution in [2.24, 2.45) is 5.92 Å². The predicted molar refractivity (Wildman–Crippen MR) is 106 cm³/mol. The summed E-state index contributed by atoms with van der Waals surface area (Å²) in [6.07, 6.45) is -0.758. The molecule has 1 heterocycles. The fourth-order valence-electron chi connectivity index (χ4n) is 3.35. The summed E-state index contributed by atoms with van der Waals surface area (Å²) >= 11 is 0. The van der Waals surface area contributed by atoms with Crippen LogP contribution in [0, 0.1) is 5.92 Å². The third-order valence-electron chi connectivity index (χ3n) is 4.81. The van der Waals surface area contributed by atoms with Gasteiger partial charge in [0.1, 0.15) is 17.6 Å². The van der Waals surface area contributed by atoms with E-state index in [9.17, 15) is 9.59 Å². The van der Waals surface area contributed by atoms with Gasteiger partial charge >= 0.3 is 5.97 Å². The van der Waals surface area contributed by atoms with Crippen molar-refractivity contribution in [1.29, 1.82) is 0 Å². The van der Waals surface area contributed by atoms with E-state index >= 15 is 0 Å². The van der Waals surface area contributed by atoms with Crippen LogP contribution in [-0.4, -0.2) is 25.0 Å². The van der Waals surface area contributed by atoms with Crippen LogP contribution in [0.2, 0.25) is 0 Å². The largest absolute Gasteiger partial charge is 0.491 e. The van der Waals surface area contributed by atoms with E-state index in [1.807, 2.05) is 38.1 Å². The smallest absolute Gasteiger partial charge is 0.320 e. The Hall–Kier alpha value is -2.82. The van der Waals surface area contributed by atoms with Gasteiger partial charge in [-0.05, 0) is 49.1 Å². The van der Waals surface area contributed by atoms with Crippen molar-refractivity contribution in [2.45, 2.75) is 45.8 Å². The van der Waals surface area contributed by atoms with E-state index in [2.05, 4.69) is 13.8 Å². The summed E-state index contributed by atoms with van der Waals surface area (Å²) in [5.74, 6) is -0.589. The SMILES string of the molecule is COC(=O)[C@H]1C(=O)c2cc(OC(C)C)ccc2O[C@@H]1c1ccc(C(C)C)cc1. The lowest BCUT2D eigenvalue weighted by atomic mass is 9.85. The average Bonchev–Trinajstić information content (AvgIpc) is 2.67. The fourth-order valence-corrected chi connectivity index (χ4v) is 3.35. The molecule has 1 aliphatic heterocycles. The zero-order valence-corrected chi connectivity index (χ0v) is 16.9. The topological polar surface area (TPSA) is 61.8 Å². The first-order chi connectivity index (χ1) is 13.3. The molecule has 0 saturated heterocycles. The van der Waals surface area contributed by atoms with Crippen LogP contribution in [0.3, 0.4) is 0 Å². The summed E-state index contributed by atoms with van der Waals surface area (Å²) in [4.78, 5) is 25.6. The van der Waals surface area contributed by atoms with Crippen LogP contribution >= 0.6 is 0 Å². The summed E-state index contributed by atoms with van der Waals surface area (Å²) < 4.78 is 16.7. The lowest BCUT2D eigenvalue weighted by Gasteiger charge is -2.31. The van der Waals surface area contributed by atoms with Gasteiger partial charge in [0, 0.05) is 0 Å². The molecule has 0 amide bonds. The van der Waals surface area contributed by atoms with Crippen LogP contribution in [0.15, 0.2) is 42.5 Å². The minimum atomic E-state index is -1.06. The van der Waals surface area contributed by atoms with Gasteiger partial charge in [-0.25, -0.2) is 0 Å². The van der Waals surface area contributed by atoms with E-state index in [4.69, 9.17) is 14.2 Å². The Labute approximate surface area is 165 Å². The molecule has 3 rings (SSSR count). The normalized spacial score (nSPS) is 18.6. The van der Waals surface area contributed by atoms with Gasteiger partial charge in [0.2, 0.25) is 0 Å². The van der Waals surface area contributed by atoms with Crippen LogP contribution in [0.5, 0.6) is 11.5 Å². The number of fused-ring (bicyclic) bond motifs is 1. The molecule has 5 heteroatoms. The number of carbonyl (C=O) groups excluding carboxylic acids is 2. The van der Waals surface area contributed by atoms with Crippen molar-refractivity contribution in [3.8, 4) is 11.5 Å². The predicted octanol–water partition coefficient (Wildman–Crippen LogP) is 4.70. The molecule has 0 saturated carbocycles. The molecule has 0 bridgehead atoms. The fraction of sp³-hybridized carbons (Fsp3) is 0.391. The number of ether oxygens (including phenoxy) is 3. The van der Waals surface area contributed by atoms with E-state index in [1.165, 1.54) is 12.7 Å². The first-order valence-corrected chi connectivity index (χ1v) is 9.51. The highest BCUT2D eigenvalue weighted by Crippen LogP contribution is 2.41. The molecule has 5 nitrogen and oxygen atoms in total. The number of hydrogen-bond donors (Lipinski definition) is 0. The van der Waals surface area contributed by atoms with Crippen molar-refractivity contribution in [3.05, 3.63) is 59.2 Å². The first kappa shape index (κ1) is 19.9. The number of Topliss-reactive ketones (excluding diaryl/α,β-unsaturated/α-hetero) is 1. The highest BCUT2D eigenvalue weighted by atomic mass is 16.5. The summed E-state index contributed by atoms with van der Waals surface area (Å²) in [6.45, 7) is 8.04. The Balaban J connectivity index is 2.01. The molecule has 0 unspecified atom stereocenters. The Morgan fingerprint density at radius 3 is 2.29 bits per heavy atom. The molecule has 2 atom stereocenters. The van der Waals surface area contributed by atoms with E-state index in [0.29, 0.717) is 23.0 Å². The maximum absolute atomic E-state index is 13.2. The van der Waals surface area contributed by atoms with Gasteiger partial charge in [-0.15, -0.1) is 0 Å². The Bertz CT molecular complexity index is 867. The zero-order chi connectivity index (χ0) is 20.4. The van der Waals surface area contributed by atoms with Crippen molar-refractivity contribution in [1.82, 2.24) is 0 Å². The van der Waals surface area contributed by atoms with Gasteiger partial charge in [-0.2, -0.15) is 0 Å². The molecule has 0 radical (unpaired) electrons. The van der Waals surface area contributed by atoms with E-state index < -0.39 is 18.0 Å². The maximum Gasteiger partial charge on any atom is 0.320 e. The first-order valence-electron chi connectivity index (χ1n) is 9.51. The summed E-state index contributed by atoms with van der Waals surface area (Å²) in [6, 6.07) is 12.9. The van der Waals surface area contributed by atoms with E-state index in [1.54, 1.807) is 18.2 Å². The molecule has 0 aliphatic carbocycles. The number of ketones is 1. The minimum Gasteiger partial charge on any atom is -0.491 e. The average molecular weight is 382 g/mol. The highest BCUT2D eigenvalue weighted by Gasteiger charge is 2.44. The molecule has 2 aromatic rings. The van der Waals surface area contributed by atoms with Gasteiger partial charge in [0.05, 0.1) is 18.8 Å². The van der Waals surface area contributed by atoms with Crippen LogP contribution in [0.25, 0.3) is 0 Å².